The molecule has 128 valence electrons. The number of anilines is 1. The minimum Gasteiger partial charge on any atom is -0.368 e. The van der Waals surface area contributed by atoms with Crippen LogP contribution in [0.4, 0.5) is 10.1 Å². The van der Waals surface area contributed by atoms with Gasteiger partial charge in [-0.15, -0.1) is 11.3 Å². The van der Waals surface area contributed by atoms with E-state index >= 15 is 0 Å². The van der Waals surface area contributed by atoms with Crippen LogP contribution in [0.3, 0.4) is 0 Å². The van der Waals surface area contributed by atoms with Crippen LogP contribution in [-0.2, 0) is 11.2 Å². The lowest BCUT2D eigenvalue weighted by atomic mass is 10.2. The smallest absolute Gasteiger partial charge is 0.223 e. The molecule has 0 unspecified atom stereocenters. The highest BCUT2D eigenvalue weighted by atomic mass is 32.1. The molecular formula is C18H22FN3OS. The number of thiazole rings is 1. The van der Waals surface area contributed by atoms with Gasteiger partial charge in [-0.25, -0.2) is 9.37 Å². The van der Waals surface area contributed by atoms with Gasteiger partial charge in [0.15, 0.2) is 0 Å². The van der Waals surface area contributed by atoms with E-state index in [1.165, 1.54) is 17.0 Å². The Kier molecular flexibility index (Phi) is 5.14. The first-order valence-corrected chi connectivity index (χ1v) is 9.06. The average Bonchev–Trinajstić information content (AvgIpc) is 2.92. The minimum atomic E-state index is -0.222. The molecule has 0 spiro atoms. The van der Waals surface area contributed by atoms with Crippen molar-refractivity contribution in [3.8, 4) is 0 Å². The molecule has 0 atom stereocenters. The quantitative estimate of drug-likeness (QED) is 0.852. The van der Waals surface area contributed by atoms with E-state index in [4.69, 9.17) is 0 Å². The molecule has 2 heterocycles. The molecule has 6 heteroatoms. The Balaban J connectivity index is 1.48. The number of piperazine rings is 1. The lowest BCUT2D eigenvalue weighted by Crippen LogP contribution is -2.48. The summed E-state index contributed by atoms with van der Waals surface area (Å²) in [6.07, 6.45) is 1.24. The largest absolute Gasteiger partial charge is 0.368 e. The molecule has 1 aliphatic heterocycles. The third-order valence-corrected chi connectivity index (χ3v) is 5.58. The molecule has 3 rings (SSSR count). The molecule has 1 aliphatic rings. The Hall–Kier alpha value is -1.95. The maximum atomic E-state index is 13.0. The van der Waals surface area contributed by atoms with Gasteiger partial charge in [0.1, 0.15) is 5.82 Å². The highest BCUT2D eigenvalue weighted by Gasteiger charge is 2.21. The molecule has 1 aromatic carbocycles. The summed E-state index contributed by atoms with van der Waals surface area (Å²) in [5.74, 6) is -0.0283. The van der Waals surface area contributed by atoms with Crippen LogP contribution in [0.1, 0.15) is 22.0 Å². The first-order chi connectivity index (χ1) is 11.5. The highest BCUT2D eigenvalue weighted by Crippen LogP contribution is 2.19. The normalized spacial score (nSPS) is 15.0. The van der Waals surface area contributed by atoms with Gasteiger partial charge in [-0.2, -0.15) is 0 Å². The summed E-state index contributed by atoms with van der Waals surface area (Å²) >= 11 is 1.68. The zero-order chi connectivity index (χ0) is 17.1. The summed E-state index contributed by atoms with van der Waals surface area (Å²) < 4.78 is 13.0. The van der Waals surface area contributed by atoms with Crippen molar-refractivity contribution in [2.24, 2.45) is 0 Å². The number of aromatic nitrogens is 1. The topological polar surface area (TPSA) is 36.4 Å². The molecular weight excluding hydrogens is 325 g/mol. The van der Waals surface area contributed by atoms with Crippen LogP contribution >= 0.6 is 11.3 Å². The van der Waals surface area contributed by atoms with Crippen LogP contribution in [-0.4, -0.2) is 42.0 Å². The minimum absolute atomic E-state index is 0.194. The van der Waals surface area contributed by atoms with E-state index in [1.54, 1.807) is 23.5 Å². The van der Waals surface area contributed by atoms with Crippen LogP contribution in [0.5, 0.6) is 0 Å². The third-order valence-electron chi connectivity index (χ3n) is 4.45. The van der Waals surface area contributed by atoms with Crippen molar-refractivity contribution in [3.05, 3.63) is 45.7 Å². The molecule has 0 N–H and O–H groups in total. The van der Waals surface area contributed by atoms with Gasteiger partial charge in [0.05, 0.1) is 10.7 Å². The van der Waals surface area contributed by atoms with E-state index in [-0.39, 0.29) is 11.7 Å². The molecule has 1 fully saturated rings. The van der Waals surface area contributed by atoms with Gasteiger partial charge in [0.25, 0.3) is 0 Å². The Morgan fingerprint density at radius 3 is 2.42 bits per heavy atom. The second kappa shape index (κ2) is 7.30. The molecule has 1 aromatic heterocycles. The van der Waals surface area contributed by atoms with Crippen molar-refractivity contribution in [2.75, 3.05) is 31.1 Å². The fourth-order valence-electron chi connectivity index (χ4n) is 2.88. The van der Waals surface area contributed by atoms with E-state index in [1.807, 2.05) is 11.8 Å². The van der Waals surface area contributed by atoms with E-state index in [0.29, 0.717) is 19.5 Å². The first-order valence-electron chi connectivity index (χ1n) is 8.24. The number of benzene rings is 1. The van der Waals surface area contributed by atoms with E-state index < -0.39 is 0 Å². The Morgan fingerprint density at radius 1 is 1.17 bits per heavy atom. The molecule has 4 nitrogen and oxygen atoms in total. The van der Waals surface area contributed by atoms with Crippen molar-refractivity contribution < 1.29 is 9.18 Å². The fourth-order valence-corrected chi connectivity index (χ4v) is 3.82. The van der Waals surface area contributed by atoms with Gasteiger partial charge in [-0.1, -0.05) is 0 Å². The number of aryl methyl sites for hydroxylation is 3. The number of hydrogen-bond donors (Lipinski definition) is 0. The van der Waals surface area contributed by atoms with Crippen molar-refractivity contribution in [3.63, 3.8) is 0 Å². The summed E-state index contributed by atoms with van der Waals surface area (Å²) in [6, 6.07) is 6.54. The Morgan fingerprint density at radius 2 is 1.83 bits per heavy atom. The fraction of sp³-hybridized carbons (Fsp3) is 0.444. The number of carbonyl (C=O) groups excluding carboxylic acids is 1. The summed E-state index contributed by atoms with van der Waals surface area (Å²) in [5.41, 5.74) is 2.08. The number of amides is 1. The molecule has 1 amide bonds. The first kappa shape index (κ1) is 16.9. The van der Waals surface area contributed by atoms with Crippen LogP contribution in [0, 0.1) is 19.7 Å². The van der Waals surface area contributed by atoms with Gasteiger partial charge >= 0.3 is 0 Å². The lowest BCUT2D eigenvalue weighted by Gasteiger charge is -2.36. The van der Waals surface area contributed by atoms with E-state index in [2.05, 4.69) is 16.8 Å². The SMILES string of the molecule is Cc1nc(CCC(=O)N2CCN(c3ccc(F)cc3)CC2)sc1C. The second-order valence-electron chi connectivity index (χ2n) is 6.09. The van der Waals surface area contributed by atoms with E-state index in [9.17, 15) is 9.18 Å². The zero-order valence-corrected chi connectivity index (χ0v) is 14.9. The highest BCUT2D eigenvalue weighted by molar-refractivity contribution is 7.11. The van der Waals surface area contributed by atoms with Gasteiger partial charge in [0.2, 0.25) is 5.91 Å². The van der Waals surface area contributed by atoms with E-state index in [0.717, 1.165) is 35.9 Å². The number of hydrogen-bond acceptors (Lipinski definition) is 4. The van der Waals surface area contributed by atoms with Crippen LogP contribution in [0.15, 0.2) is 24.3 Å². The number of nitrogens with zero attached hydrogens (tertiary/aromatic N) is 3. The predicted octanol–water partition coefficient (Wildman–Crippen LogP) is 3.18. The van der Waals surface area contributed by atoms with Crippen molar-refractivity contribution >= 4 is 22.9 Å². The maximum Gasteiger partial charge on any atom is 0.223 e. The summed E-state index contributed by atoms with van der Waals surface area (Å²) in [4.78, 5) is 22.2. The van der Waals surface area contributed by atoms with Crippen LogP contribution in [0.25, 0.3) is 0 Å². The zero-order valence-electron chi connectivity index (χ0n) is 14.1. The summed E-state index contributed by atoms with van der Waals surface area (Å²) in [7, 11) is 0. The average molecular weight is 347 g/mol. The predicted molar refractivity (Wildman–Crippen MR) is 95.1 cm³/mol. The van der Waals surface area contributed by atoms with Gasteiger partial charge in [0, 0.05) is 49.6 Å². The third kappa shape index (κ3) is 3.93. The summed E-state index contributed by atoms with van der Waals surface area (Å²) in [5, 5.41) is 1.04. The number of carbonyl (C=O) groups is 1. The Bertz CT molecular complexity index is 686. The molecule has 0 aliphatic carbocycles. The molecule has 0 bridgehead atoms. The number of halogens is 1. The number of rotatable bonds is 4. The van der Waals surface area contributed by atoms with Gasteiger partial charge in [-0.05, 0) is 38.1 Å². The van der Waals surface area contributed by atoms with Crippen molar-refractivity contribution in [2.45, 2.75) is 26.7 Å². The molecule has 0 radical (unpaired) electrons. The van der Waals surface area contributed by atoms with Gasteiger partial charge < -0.3 is 9.80 Å². The lowest BCUT2D eigenvalue weighted by molar-refractivity contribution is -0.131. The van der Waals surface area contributed by atoms with Crippen LogP contribution in [0.2, 0.25) is 0 Å². The molecule has 0 saturated carbocycles. The summed E-state index contributed by atoms with van der Waals surface area (Å²) in [6.45, 7) is 7.07. The molecule has 24 heavy (non-hydrogen) atoms. The molecule has 1 saturated heterocycles. The standard InChI is InChI=1S/C18H22FN3OS/c1-13-14(2)24-17(20-13)7-8-18(23)22-11-9-21(10-12-22)16-5-3-15(19)4-6-16/h3-6H,7-12H2,1-2H3. The van der Waals surface area contributed by atoms with Crippen molar-refractivity contribution in [1.82, 2.24) is 9.88 Å². The van der Waals surface area contributed by atoms with Crippen LogP contribution < -0.4 is 4.90 Å². The maximum absolute atomic E-state index is 13.0. The molecule has 2 aromatic rings. The van der Waals surface area contributed by atoms with Crippen molar-refractivity contribution in [1.29, 1.82) is 0 Å². The Labute approximate surface area is 145 Å². The monoisotopic (exact) mass is 347 g/mol. The second-order valence-corrected chi connectivity index (χ2v) is 7.38. The van der Waals surface area contributed by atoms with Gasteiger partial charge in [-0.3, -0.25) is 4.79 Å².